The minimum absolute atomic E-state index is 0.120. The molecule has 7 heteroatoms. The molecule has 0 aromatic heterocycles. The maximum absolute atomic E-state index is 12.8. The quantitative estimate of drug-likeness (QED) is 0.799. The molecule has 1 fully saturated rings. The summed E-state index contributed by atoms with van der Waals surface area (Å²) in [7, 11) is 1.89. The van der Waals surface area contributed by atoms with Crippen LogP contribution < -0.4 is 9.64 Å². The summed E-state index contributed by atoms with van der Waals surface area (Å²) in [6, 6.07) is 5.53. The largest absolute Gasteiger partial charge is 0.490 e. The topological polar surface area (TPSA) is 56.2 Å². The number of likely N-dealkylation sites (tertiary alicyclic amines) is 1. The summed E-state index contributed by atoms with van der Waals surface area (Å²) in [5.74, 6) is 1.43. The number of hydrogen-bond donors (Lipinski definition) is 1. The molecule has 1 unspecified atom stereocenters. The predicted molar refractivity (Wildman–Crippen MR) is 108 cm³/mol. The van der Waals surface area contributed by atoms with Crippen molar-refractivity contribution in [2.24, 2.45) is 5.92 Å². The molecule has 0 aliphatic carbocycles. The molecule has 150 valence electrons. The Kier molecular flexibility index (Phi) is 6.84. The Hall–Kier alpha value is -1.50. The lowest BCUT2D eigenvalue weighted by molar-refractivity contribution is -0.129. The molecule has 27 heavy (non-hydrogen) atoms. The summed E-state index contributed by atoms with van der Waals surface area (Å²) in [6.07, 6.45) is 1.86. The summed E-state index contributed by atoms with van der Waals surface area (Å²) in [5.41, 5.74) is 0.891. The normalized spacial score (nSPS) is 19.3. The van der Waals surface area contributed by atoms with Gasteiger partial charge in [-0.15, -0.1) is 0 Å². The zero-order valence-corrected chi connectivity index (χ0v) is 17.0. The van der Waals surface area contributed by atoms with Gasteiger partial charge in [0.05, 0.1) is 24.9 Å². The summed E-state index contributed by atoms with van der Waals surface area (Å²) in [6.45, 7) is 6.94. The molecule has 0 saturated carbocycles. The number of anilines is 1. The number of piperidine rings is 1. The molecule has 0 bridgehead atoms. The van der Waals surface area contributed by atoms with E-state index >= 15 is 0 Å². The summed E-state index contributed by atoms with van der Waals surface area (Å²) in [4.78, 5) is 19.0. The van der Waals surface area contributed by atoms with Gasteiger partial charge in [0, 0.05) is 25.2 Å². The molecule has 6 nitrogen and oxygen atoms in total. The molecule has 1 aromatic rings. The van der Waals surface area contributed by atoms with Crippen molar-refractivity contribution in [3.8, 4) is 5.75 Å². The first-order chi connectivity index (χ1) is 12.9. The number of likely N-dealkylation sites (N-methyl/N-ethyl adjacent to an activating group) is 1. The van der Waals surface area contributed by atoms with Crippen LogP contribution in [0.4, 0.5) is 5.69 Å². The maximum atomic E-state index is 12.8. The van der Waals surface area contributed by atoms with E-state index in [1.807, 2.05) is 37.1 Å². The van der Waals surface area contributed by atoms with Crippen molar-refractivity contribution < 1.29 is 14.6 Å². The standard InChI is InChI=1S/C20H30ClN3O3/c1-15(25)12-23-7-5-16(6-8-23)13-22(2)20(26)14-24-9-10-27-19-4-3-17(21)11-18(19)24/h3-4,11,15-16,25H,5-10,12-14H2,1-2H3. The van der Waals surface area contributed by atoms with E-state index < -0.39 is 0 Å². The van der Waals surface area contributed by atoms with Crippen molar-refractivity contribution in [3.63, 3.8) is 0 Å². The average Bonchev–Trinajstić information content (AvgIpc) is 2.63. The van der Waals surface area contributed by atoms with E-state index in [1.54, 1.807) is 0 Å². The lowest BCUT2D eigenvalue weighted by Crippen LogP contribution is -2.45. The van der Waals surface area contributed by atoms with E-state index in [0.29, 0.717) is 30.6 Å². The second-order valence-electron chi connectivity index (χ2n) is 7.75. The summed E-state index contributed by atoms with van der Waals surface area (Å²) < 4.78 is 5.66. The number of ether oxygens (including phenoxy) is 1. The first-order valence-corrected chi connectivity index (χ1v) is 10.1. The first kappa shape index (κ1) is 20.2. The van der Waals surface area contributed by atoms with E-state index in [1.165, 1.54) is 0 Å². The van der Waals surface area contributed by atoms with Crippen molar-refractivity contribution in [3.05, 3.63) is 23.2 Å². The van der Waals surface area contributed by atoms with Crippen LogP contribution >= 0.6 is 11.6 Å². The van der Waals surface area contributed by atoms with Crippen molar-refractivity contribution >= 4 is 23.2 Å². The molecule has 2 heterocycles. The van der Waals surface area contributed by atoms with Crippen LogP contribution in [-0.4, -0.2) is 79.8 Å². The molecular formula is C20H30ClN3O3. The fourth-order valence-corrected chi connectivity index (χ4v) is 4.07. The Bertz CT molecular complexity index is 647. The number of carbonyl (C=O) groups excluding carboxylic acids is 1. The van der Waals surface area contributed by atoms with Crippen molar-refractivity contribution in [2.75, 3.05) is 57.8 Å². The van der Waals surface area contributed by atoms with Crippen LogP contribution in [0.15, 0.2) is 18.2 Å². The van der Waals surface area contributed by atoms with E-state index in [4.69, 9.17) is 16.3 Å². The molecule has 2 aliphatic rings. The lowest BCUT2D eigenvalue weighted by atomic mass is 9.96. The van der Waals surface area contributed by atoms with Crippen molar-refractivity contribution in [1.82, 2.24) is 9.80 Å². The van der Waals surface area contributed by atoms with Gasteiger partial charge in [0.15, 0.2) is 0 Å². The molecular weight excluding hydrogens is 366 g/mol. The van der Waals surface area contributed by atoms with Crippen molar-refractivity contribution in [2.45, 2.75) is 25.9 Å². The van der Waals surface area contributed by atoms with Crippen LogP contribution in [0.2, 0.25) is 5.02 Å². The number of amides is 1. The second-order valence-corrected chi connectivity index (χ2v) is 8.19. The van der Waals surface area contributed by atoms with Crippen LogP contribution in [0.1, 0.15) is 19.8 Å². The molecule has 1 N–H and O–H groups in total. The van der Waals surface area contributed by atoms with Gasteiger partial charge in [0.25, 0.3) is 0 Å². The molecule has 1 atom stereocenters. The molecule has 0 radical (unpaired) electrons. The zero-order chi connectivity index (χ0) is 19.4. The van der Waals surface area contributed by atoms with Crippen LogP contribution in [0, 0.1) is 5.92 Å². The van der Waals surface area contributed by atoms with E-state index in [0.717, 1.165) is 50.5 Å². The molecule has 1 amide bonds. The number of carbonyl (C=O) groups is 1. The van der Waals surface area contributed by atoms with Crippen molar-refractivity contribution in [1.29, 1.82) is 0 Å². The number of benzene rings is 1. The number of rotatable bonds is 6. The number of nitrogens with zero attached hydrogens (tertiary/aromatic N) is 3. The second kappa shape index (κ2) is 9.13. The van der Waals surface area contributed by atoms with E-state index in [9.17, 15) is 9.90 Å². The lowest BCUT2D eigenvalue weighted by Gasteiger charge is -2.35. The van der Waals surface area contributed by atoms with Crippen LogP contribution in [0.25, 0.3) is 0 Å². The van der Waals surface area contributed by atoms with Gasteiger partial charge in [0.2, 0.25) is 5.91 Å². The Balaban J connectivity index is 1.50. The maximum Gasteiger partial charge on any atom is 0.241 e. The van der Waals surface area contributed by atoms with E-state index in [-0.39, 0.29) is 12.0 Å². The molecule has 0 spiro atoms. The third-order valence-electron chi connectivity index (χ3n) is 5.39. The van der Waals surface area contributed by atoms with Gasteiger partial charge in [-0.3, -0.25) is 4.79 Å². The third kappa shape index (κ3) is 5.50. The fraction of sp³-hybridized carbons (Fsp3) is 0.650. The van der Waals surface area contributed by atoms with Gasteiger partial charge in [0.1, 0.15) is 12.4 Å². The monoisotopic (exact) mass is 395 g/mol. The fourth-order valence-electron chi connectivity index (χ4n) is 3.91. The number of aliphatic hydroxyl groups excluding tert-OH is 1. The van der Waals surface area contributed by atoms with Gasteiger partial charge < -0.3 is 24.5 Å². The molecule has 1 aromatic carbocycles. The number of aliphatic hydroxyl groups is 1. The number of fused-ring (bicyclic) bond motifs is 1. The number of β-amino-alcohol motifs (C(OH)–C–C–N with tert-alkyl or cyclic N) is 1. The molecule has 3 rings (SSSR count). The third-order valence-corrected chi connectivity index (χ3v) is 5.63. The highest BCUT2D eigenvalue weighted by Crippen LogP contribution is 2.33. The Morgan fingerprint density at radius 2 is 2.11 bits per heavy atom. The van der Waals surface area contributed by atoms with Gasteiger partial charge in [-0.05, 0) is 57.0 Å². The van der Waals surface area contributed by atoms with Gasteiger partial charge >= 0.3 is 0 Å². The average molecular weight is 396 g/mol. The Morgan fingerprint density at radius 3 is 2.81 bits per heavy atom. The summed E-state index contributed by atoms with van der Waals surface area (Å²) in [5, 5.41) is 10.2. The number of hydrogen-bond acceptors (Lipinski definition) is 5. The van der Waals surface area contributed by atoms with Crippen LogP contribution in [0.5, 0.6) is 5.75 Å². The minimum Gasteiger partial charge on any atom is -0.490 e. The Morgan fingerprint density at radius 1 is 1.37 bits per heavy atom. The predicted octanol–water partition coefficient (Wildman–Crippen LogP) is 2.09. The van der Waals surface area contributed by atoms with Crippen LogP contribution in [-0.2, 0) is 4.79 Å². The summed E-state index contributed by atoms with van der Waals surface area (Å²) >= 11 is 6.12. The zero-order valence-electron chi connectivity index (χ0n) is 16.2. The highest BCUT2D eigenvalue weighted by atomic mass is 35.5. The molecule has 2 aliphatic heterocycles. The van der Waals surface area contributed by atoms with Gasteiger partial charge in [-0.25, -0.2) is 0 Å². The van der Waals surface area contributed by atoms with E-state index in [2.05, 4.69) is 9.80 Å². The van der Waals surface area contributed by atoms with Crippen LogP contribution in [0.3, 0.4) is 0 Å². The highest BCUT2D eigenvalue weighted by Gasteiger charge is 2.25. The Labute approximate surface area is 166 Å². The highest BCUT2D eigenvalue weighted by molar-refractivity contribution is 6.31. The smallest absolute Gasteiger partial charge is 0.241 e. The van der Waals surface area contributed by atoms with Gasteiger partial charge in [-0.2, -0.15) is 0 Å². The minimum atomic E-state index is -0.282. The van der Waals surface area contributed by atoms with Gasteiger partial charge in [-0.1, -0.05) is 11.6 Å². The first-order valence-electron chi connectivity index (χ1n) is 9.74. The number of halogens is 1. The SMILES string of the molecule is CC(O)CN1CCC(CN(C)C(=O)CN2CCOc3ccc(Cl)cc32)CC1. The molecule has 1 saturated heterocycles.